The average molecular weight is 192 g/mol. The molecule has 2 rings (SSSR count). The fourth-order valence-electron chi connectivity index (χ4n) is 1.55. The van der Waals surface area contributed by atoms with Crippen molar-refractivity contribution in [2.24, 2.45) is 0 Å². The number of aromatic nitrogens is 2. The average Bonchev–Trinajstić information content (AvgIpc) is 2.92. The Morgan fingerprint density at radius 3 is 2.86 bits per heavy atom. The van der Waals surface area contributed by atoms with E-state index < -0.39 is 0 Å². The standard InChI is InChI=1S/C10H16N4/c1-3-10(4-5-10)14-8-7(2)6-12-9(11)13-8/h6H,3-5H2,1-2H3,(H3,11,12,13,14). The minimum atomic E-state index is 0.283. The molecule has 0 aromatic carbocycles. The molecule has 1 aromatic heterocycles. The second kappa shape index (κ2) is 3.12. The number of nitrogens with zero attached hydrogens (tertiary/aromatic N) is 2. The van der Waals surface area contributed by atoms with Crippen LogP contribution in [0.4, 0.5) is 11.8 Å². The minimum absolute atomic E-state index is 0.283. The molecule has 3 N–H and O–H groups in total. The number of aryl methyl sites for hydroxylation is 1. The first-order valence-corrected chi connectivity index (χ1v) is 5.02. The Morgan fingerprint density at radius 1 is 1.57 bits per heavy atom. The van der Waals surface area contributed by atoms with Gasteiger partial charge >= 0.3 is 0 Å². The Bertz CT molecular complexity index is 344. The van der Waals surface area contributed by atoms with Crippen LogP contribution in [-0.2, 0) is 0 Å². The molecule has 0 saturated heterocycles. The zero-order valence-corrected chi connectivity index (χ0v) is 8.67. The molecular formula is C10H16N4. The van der Waals surface area contributed by atoms with Crippen molar-refractivity contribution < 1.29 is 0 Å². The van der Waals surface area contributed by atoms with Crippen LogP contribution in [0, 0.1) is 6.92 Å². The van der Waals surface area contributed by atoms with Crippen LogP contribution in [0.2, 0.25) is 0 Å². The quantitative estimate of drug-likeness (QED) is 0.765. The van der Waals surface area contributed by atoms with E-state index in [1.807, 2.05) is 6.92 Å². The molecule has 1 fully saturated rings. The number of rotatable bonds is 3. The van der Waals surface area contributed by atoms with Gasteiger partial charge in [0.2, 0.25) is 5.95 Å². The van der Waals surface area contributed by atoms with Crippen molar-refractivity contribution in [3.8, 4) is 0 Å². The highest BCUT2D eigenvalue weighted by molar-refractivity contribution is 5.48. The topological polar surface area (TPSA) is 63.8 Å². The van der Waals surface area contributed by atoms with E-state index in [1.165, 1.54) is 12.8 Å². The summed E-state index contributed by atoms with van der Waals surface area (Å²) in [6.07, 6.45) is 5.35. The summed E-state index contributed by atoms with van der Waals surface area (Å²) in [6, 6.07) is 0. The number of hydrogen-bond acceptors (Lipinski definition) is 4. The number of anilines is 2. The molecule has 0 aliphatic heterocycles. The van der Waals surface area contributed by atoms with Gasteiger partial charge in [0.25, 0.3) is 0 Å². The van der Waals surface area contributed by atoms with Gasteiger partial charge in [-0.2, -0.15) is 4.98 Å². The summed E-state index contributed by atoms with van der Waals surface area (Å²) in [5, 5.41) is 3.46. The number of hydrogen-bond donors (Lipinski definition) is 2. The van der Waals surface area contributed by atoms with Gasteiger partial charge in [-0.05, 0) is 26.2 Å². The van der Waals surface area contributed by atoms with Crippen molar-refractivity contribution in [1.29, 1.82) is 0 Å². The fourth-order valence-corrected chi connectivity index (χ4v) is 1.55. The number of nitrogen functional groups attached to an aromatic ring is 1. The first-order valence-electron chi connectivity index (χ1n) is 5.02. The van der Waals surface area contributed by atoms with Crippen molar-refractivity contribution in [2.75, 3.05) is 11.1 Å². The lowest BCUT2D eigenvalue weighted by molar-refractivity contribution is 0.696. The summed E-state index contributed by atoms with van der Waals surface area (Å²) >= 11 is 0. The molecule has 76 valence electrons. The predicted octanol–water partition coefficient (Wildman–Crippen LogP) is 1.72. The molecule has 0 atom stereocenters. The van der Waals surface area contributed by atoms with Gasteiger partial charge in [-0.3, -0.25) is 0 Å². The van der Waals surface area contributed by atoms with Crippen LogP contribution in [0.1, 0.15) is 31.7 Å². The van der Waals surface area contributed by atoms with Gasteiger partial charge in [-0.1, -0.05) is 6.92 Å². The van der Waals surface area contributed by atoms with Crippen LogP contribution < -0.4 is 11.1 Å². The third kappa shape index (κ3) is 1.64. The predicted molar refractivity (Wildman–Crippen MR) is 57.1 cm³/mol. The summed E-state index contributed by atoms with van der Waals surface area (Å²) in [4.78, 5) is 8.14. The van der Waals surface area contributed by atoms with E-state index in [0.29, 0.717) is 5.95 Å². The number of nitrogens with one attached hydrogen (secondary N) is 1. The second-order valence-electron chi connectivity index (χ2n) is 4.02. The van der Waals surface area contributed by atoms with Gasteiger partial charge in [-0.25, -0.2) is 4.98 Å². The monoisotopic (exact) mass is 192 g/mol. The van der Waals surface area contributed by atoms with Crippen LogP contribution in [0.25, 0.3) is 0 Å². The lowest BCUT2D eigenvalue weighted by Gasteiger charge is -2.17. The van der Waals surface area contributed by atoms with Crippen molar-refractivity contribution in [2.45, 2.75) is 38.6 Å². The van der Waals surface area contributed by atoms with Gasteiger partial charge in [0, 0.05) is 17.3 Å². The molecule has 1 saturated carbocycles. The largest absolute Gasteiger partial charge is 0.368 e. The zero-order chi connectivity index (χ0) is 10.2. The molecule has 0 unspecified atom stereocenters. The Balaban J connectivity index is 2.20. The Morgan fingerprint density at radius 2 is 2.29 bits per heavy atom. The summed E-state index contributed by atoms with van der Waals surface area (Å²) < 4.78 is 0. The normalized spacial score (nSPS) is 17.9. The fraction of sp³-hybridized carbons (Fsp3) is 0.600. The first kappa shape index (κ1) is 9.24. The van der Waals surface area contributed by atoms with E-state index in [1.54, 1.807) is 6.20 Å². The van der Waals surface area contributed by atoms with Gasteiger partial charge in [0.05, 0.1) is 0 Å². The lowest BCUT2D eigenvalue weighted by Crippen LogP contribution is -2.21. The zero-order valence-electron chi connectivity index (χ0n) is 8.67. The van der Waals surface area contributed by atoms with E-state index in [4.69, 9.17) is 5.73 Å². The van der Waals surface area contributed by atoms with E-state index in [9.17, 15) is 0 Å². The smallest absolute Gasteiger partial charge is 0.221 e. The van der Waals surface area contributed by atoms with Gasteiger partial charge in [-0.15, -0.1) is 0 Å². The summed E-state index contributed by atoms with van der Waals surface area (Å²) in [7, 11) is 0. The van der Waals surface area contributed by atoms with Crippen molar-refractivity contribution >= 4 is 11.8 Å². The van der Waals surface area contributed by atoms with E-state index in [-0.39, 0.29) is 5.54 Å². The maximum atomic E-state index is 5.55. The summed E-state index contributed by atoms with van der Waals surface area (Å²) in [5.74, 6) is 1.22. The second-order valence-corrected chi connectivity index (χ2v) is 4.02. The molecule has 0 radical (unpaired) electrons. The molecule has 4 nitrogen and oxygen atoms in total. The van der Waals surface area contributed by atoms with E-state index in [2.05, 4.69) is 22.2 Å². The van der Waals surface area contributed by atoms with Crippen molar-refractivity contribution in [3.63, 3.8) is 0 Å². The van der Waals surface area contributed by atoms with Crippen molar-refractivity contribution in [1.82, 2.24) is 9.97 Å². The van der Waals surface area contributed by atoms with E-state index >= 15 is 0 Å². The van der Waals surface area contributed by atoms with Gasteiger partial charge in [0.1, 0.15) is 5.82 Å². The van der Waals surface area contributed by atoms with Crippen LogP contribution >= 0.6 is 0 Å². The summed E-state index contributed by atoms with van der Waals surface area (Å²) in [5.41, 5.74) is 6.88. The Kier molecular flexibility index (Phi) is 2.06. The molecule has 4 heteroatoms. The SMILES string of the molecule is CCC1(Nc2nc(N)ncc2C)CC1. The molecule has 0 amide bonds. The molecule has 1 aliphatic rings. The van der Waals surface area contributed by atoms with Crippen LogP contribution in [-0.4, -0.2) is 15.5 Å². The highest BCUT2D eigenvalue weighted by atomic mass is 15.1. The van der Waals surface area contributed by atoms with Gasteiger partial charge in [0.15, 0.2) is 0 Å². The van der Waals surface area contributed by atoms with E-state index in [0.717, 1.165) is 17.8 Å². The van der Waals surface area contributed by atoms with Crippen molar-refractivity contribution in [3.05, 3.63) is 11.8 Å². The minimum Gasteiger partial charge on any atom is -0.368 e. The molecular weight excluding hydrogens is 176 g/mol. The maximum Gasteiger partial charge on any atom is 0.221 e. The molecule has 1 aromatic rings. The third-order valence-corrected chi connectivity index (χ3v) is 2.90. The van der Waals surface area contributed by atoms with Crippen LogP contribution in [0.5, 0.6) is 0 Å². The lowest BCUT2D eigenvalue weighted by atomic mass is 10.2. The first-order chi connectivity index (χ1) is 6.65. The molecule has 1 heterocycles. The Labute approximate surface area is 83.9 Å². The highest BCUT2D eigenvalue weighted by Crippen LogP contribution is 2.41. The summed E-state index contributed by atoms with van der Waals surface area (Å²) in [6.45, 7) is 4.19. The van der Waals surface area contributed by atoms with Crippen LogP contribution in [0.3, 0.4) is 0 Å². The maximum absolute atomic E-state index is 5.55. The van der Waals surface area contributed by atoms with Gasteiger partial charge < -0.3 is 11.1 Å². The Hall–Kier alpha value is -1.32. The third-order valence-electron chi connectivity index (χ3n) is 2.90. The molecule has 0 spiro atoms. The molecule has 0 bridgehead atoms. The van der Waals surface area contributed by atoms with Crippen LogP contribution in [0.15, 0.2) is 6.20 Å². The highest BCUT2D eigenvalue weighted by Gasteiger charge is 2.41. The molecule has 14 heavy (non-hydrogen) atoms. The molecule has 1 aliphatic carbocycles. The number of nitrogens with two attached hydrogens (primary N) is 1.